The number of hydrogen-bond donors (Lipinski definition) is 1. The van der Waals surface area contributed by atoms with Crippen molar-refractivity contribution in [2.24, 2.45) is 7.05 Å². The molecular weight excluding hydrogens is 342 g/mol. The molecule has 1 amide bonds. The largest absolute Gasteiger partial charge is 0.467 e. The first-order valence-corrected chi connectivity index (χ1v) is 8.96. The summed E-state index contributed by atoms with van der Waals surface area (Å²) in [4.78, 5) is 12.3. The van der Waals surface area contributed by atoms with Gasteiger partial charge in [0, 0.05) is 24.8 Å². The zero-order valence-corrected chi connectivity index (χ0v) is 16.0. The molecule has 142 valence electrons. The number of nitrogens with one attached hydrogen (secondary N) is 1. The van der Waals surface area contributed by atoms with Crippen molar-refractivity contribution in [2.45, 2.75) is 40.0 Å². The number of ether oxygens (including phenoxy) is 1. The van der Waals surface area contributed by atoms with Gasteiger partial charge in [-0.2, -0.15) is 5.10 Å². The van der Waals surface area contributed by atoms with Crippen LogP contribution >= 0.6 is 0 Å². The normalized spacial score (nSPS) is 10.9. The Morgan fingerprint density at radius 3 is 2.70 bits per heavy atom. The van der Waals surface area contributed by atoms with Crippen LogP contribution in [0.15, 0.2) is 47.1 Å². The highest BCUT2D eigenvalue weighted by Gasteiger charge is 2.13. The lowest BCUT2D eigenvalue weighted by Crippen LogP contribution is -2.25. The highest BCUT2D eigenvalue weighted by Crippen LogP contribution is 2.13. The lowest BCUT2D eigenvalue weighted by molar-refractivity contribution is -0.120. The number of benzene rings is 1. The van der Waals surface area contributed by atoms with Crippen LogP contribution in [0.2, 0.25) is 0 Å². The van der Waals surface area contributed by atoms with Gasteiger partial charge >= 0.3 is 0 Å². The maximum absolute atomic E-state index is 12.3. The molecule has 0 saturated heterocycles. The molecule has 0 saturated carbocycles. The van der Waals surface area contributed by atoms with Crippen molar-refractivity contribution in [3.63, 3.8) is 0 Å². The molecule has 1 aromatic carbocycles. The number of carbonyl (C=O) groups is 1. The second kappa shape index (κ2) is 8.68. The summed E-state index contributed by atoms with van der Waals surface area (Å²) in [5.41, 5.74) is 5.03. The average Bonchev–Trinajstić information content (AvgIpc) is 3.25. The fourth-order valence-corrected chi connectivity index (χ4v) is 2.99. The molecule has 2 heterocycles. The van der Waals surface area contributed by atoms with Crippen LogP contribution < -0.4 is 5.32 Å². The van der Waals surface area contributed by atoms with Gasteiger partial charge < -0.3 is 14.5 Å². The van der Waals surface area contributed by atoms with Crippen LogP contribution in [-0.2, 0) is 42.8 Å². The Hall–Kier alpha value is -2.86. The lowest BCUT2D eigenvalue weighted by atomic mass is 10.1. The zero-order chi connectivity index (χ0) is 19.2. The Kier molecular flexibility index (Phi) is 6.08. The first kappa shape index (κ1) is 18.9. The van der Waals surface area contributed by atoms with Gasteiger partial charge in [0.25, 0.3) is 0 Å². The fraction of sp³-hybridized carbons (Fsp3) is 0.333. The van der Waals surface area contributed by atoms with Gasteiger partial charge in [0.2, 0.25) is 5.91 Å². The maximum atomic E-state index is 12.3. The molecule has 3 rings (SSSR count). The van der Waals surface area contributed by atoms with E-state index in [0.717, 1.165) is 33.8 Å². The molecule has 0 aliphatic rings. The second-order valence-corrected chi connectivity index (χ2v) is 6.62. The third-order valence-electron chi connectivity index (χ3n) is 4.57. The Labute approximate surface area is 159 Å². The predicted molar refractivity (Wildman–Crippen MR) is 102 cm³/mol. The van der Waals surface area contributed by atoms with Crippen LogP contribution in [0.1, 0.15) is 33.8 Å². The van der Waals surface area contributed by atoms with E-state index in [-0.39, 0.29) is 5.91 Å². The van der Waals surface area contributed by atoms with Crippen LogP contribution in [0, 0.1) is 13.8 Å². The first-order valence-electron chi connectivity index (χ1n) is 8.96. The lowest BCUT2D eigenvalue weighted by Gasteiger charge is -2.08. The molecule has 0 radical (unpaired) electrons. The van der Waals surface area contributed by atoms with Crippen LogP contribution in [0.4, 0.5) is 0 Å². The predicted octanol–water partition coefficient (Wildman–Crippen LogP) is 3.21. The standard InChI is InChI=1S/C21H25N3O3/c1-15-20(16(2)24(3)23-15)11-21(25)22-12-17-6-4-7-18(10-17)13-26-14-19-8-5-9-27-19/h4-10H,11-14H2,1-3H3,(H,22,25). The summed E-state index contributed by atoms with van der Waals surface area (Å²) in [6.45, 7) is 5.34. The van der Waals surface area contributed by atoms with Gasteiger partial charge in [0.1, 0.15) is 12.4 Å². The van der Waals surface area contributed by atoms with E-state index in [1.165, 1.54) is 0 Å². The van der Waals surface area contributed by atoms with Gasteiger partial charge in [-0.25, -0.2) is 0 Å². The van der Waals surface area contributed by atoms with Crippen molar-refractivity contribution in [3.05, 3.63) is 76.5 Å². The SMILES string of the molecule is Cc1nn(C)c(C)c1CC(=O)NCc1cccc(COCc2ccco2)c1. The van der Waals surface area contributed by atoms with Crippen LogP contribution in [0.3, 0.4) is 0 Å². The molecule has 0 unspecified atom stereocenters. The average molecular weight is 367 g/mol. The Bertz CT molecular complexity index is 898. The third kappa shape index (κ3) is 5.08. The van der Waals surface area contributed by atoms with Crippen molar-refractivity contribution < 1.29 is 13.9 Å². The number of carbonyl (C=O) groups excluding carboxylic acids is 1. The minimum absolute atomic E-state index is 0.00586. The van der Waals surface area contributed by atoms with Gasteiger partial charge in [-0.3, -0.25) is 9.48 Å². The van der Waals surface area contributed by atoms with E-state index in [1.807, 2.05) is 62.0 Å². The Balaban J connectivity index is 1.49. The molecular formula is C21H25N3O3. The topological polar surface area (TPSA) is 69.3 Å². The van der Waals surface area contributed by atoms with Gasteiger partial charge in [-0.15, -0.1) is 0 Å². The molecule has 0 atom stereocenters. The van der Waals surface area contributed by atoms with Crippen LogP contribution in [-0.4, -0.2) is 15.7 Å². The van der Waals surface area contributed by atoms with E-state index in [4.69, 9.17) is 9.15 Å². The molecule has 2 aromatic heterocycles. The minimum atomic E-state index is -0.00586. The summed E-state index contributed by atoms with van der Waals surface area (Å²) in [6, 6.07) is 11.8. The molecule has 0 spiro atoms. The van der Waals surface area contributed by atoms with Crippen molar-refractivity contribution in [3.8, 4) is 0 Å². The molecule has 0 aliphatic heterocycles. The van der Waals surface area contributed by atoms with E-state index < -0.39 is 0 Å². The molecule has 6 heteroatoms. The van der Waals surface area contributed by atoms with E-state index in [0.29, 0.717) is 26.2 Å². The van der Waals surface area contributed by atoms with Gasteiger partial charge in [0.15, 0.2) is 0 Å². The number of amides is 1. The van der Waals surface area contributed by atoms with Crippen molar-refractivity contribution >= 4 is 5.91 Å². The summed E-state index contributed by atoms with van der Waals surface area (Å²) in [5, 5.41) is 7.34. The highest BCUT2D eigenvalue weighted by atomic mass is 16.5. The summed E-state index contributed by atoms with van der Waals surface area (Å²) in [7, 11) is 1.89. The number of aryl methyl sites for hydroxylation is 2. The van der Waals surface area contributed by atoms with Gasteiger partial charge in [-0.05, 0) is 37.1 Å². The van der Waals surface area contributed by atoms with E-state index in [1.54, 1.807) is 6.26 Å². The number of rotatable bonds is 8. The van der Waals surface area contributed by atoms with Gasteiger partial charge in [0.05, 0.1) is 25.0 Å². The molecule has 0 fully saturated rings. The Morgan fingerprint density at radius 1 is 1.19 bits per heavy atom. The zero-order valence-electron chi connectivity index (χ0n) is 16.0. The number of hydrogen-bond acceptors (Lipinski definition) is 4. The third-order valence-corrected chi connectivity index (χ3v) is 4.57. The summed E-state index contributed by atoms with van der Waals surface area (Å²) in [6.07, 6.45) is 1.98. The monoisotopic (exact) mass is 367 g/mol. The number of aromatic nitrogens is 2. The second-order valence-electron chi connectivity index (χ2n) is 6.62. The molecule has 3 aromatic rings. The number of nitrogens with zero attached hydrogens (tertiary/aromatic N) is 2. The van der Waals surface area contributed by atoms with E-state index in [9.17, 15) is 4.79 Å². The van der Waals surface area contributed by atoms with Crippen LogP contribution in [0.5, 0.6) is 0 Å². The quantitative estimate of drug-likeness (QED) is 0.664. The summed E-state index contributed by atoms with van der Waals surface area (Å²) in [5.74, 6) is 0.799. The maximum Gasteiger partial charge on any atom is 0.224 e. The van der Waals surface area contributed by atoms with Crippen molar-refractivity contribution in [2.75, 3.05) is 0 Å². The van der Waals surface area contributed by atoms with Crippen molar-refractivity contribution in [1.82, 2.24) is 15.1 Å². The summed E-state index contributed by atoms with van der Waals surface area (Å²) < 4.78 is 12.7. The molecule has 1 N–H and O–H groups in total. The molecule has 0 aliphatic carbocycles. The Morgan fingerprint density at radius 2 is 2.00 bits per heavy atom. The fourth-order valence-electron chi connectivity index (χ4n) is 2.99. The highest BCUT2D eigenvalue weighted by molar-refractivity contribution is 5.79. The van der Waals surface area contributed by atoms with E-state index in [2.05, 4.69) is 10.4 Å². The smallest absolute Gasteiger partial charge is 0.224 e. The van der Waals surface area contributed by atoms with Crippen molar-refractivity contribution in [1.29, 1.82) is 0 Å². The van der Waals surface area contributed by atoms with Gasteiger partial charge in [-0.1, -0.05) is 24.3 Å². The summed E-state index contributed by atoms with van der Waals surface area (Å²) >= 11 is 0. The van der Waals surface area contributed by atoms with Crippen LogP contribution in [0.25, 0.3) is 0 Å². The number of furan rings is 1. The minimum Gasteiger partial charge on any atom is -0.467 e. The van der Waals surface area contributed by atoms with E-state index >= 15 is 0 Å². The first-order chi connectivity index (χ1) is 13.0. The molecule has 0 bridgehead atoms. The molecule has 27 heavy (non-hydrogen) atoms. The molecule has 6 nitrogen and oxygen atoms in total.